The molecule has 1 aromatic heterocycles. The van der Waals surface area contributed by atoms with Crippen LogP contribution in [0.1, 0.15) is 0 Å². The van der Waals surface area contributed by atoms with Gasteiger partial charge in [-0.2, -0.15) is 4.31 Å². The standard InChI is InChI=1S/C20H20FN5O3S3/c21-16-8-4-5-9-17(16)22-19-23-24-20(31-19)30-14-18(27)25-10-12-26(13-11-25)32(28,29)15-6-2-1-3-7-15/h1-9H,10-14H2,(H,22,23). The summed E-state index contributed by atoms with van der Waals surface area (Å²) in [6.07, 6.45) is 0. The molecule has 3 aromatic rings. The zero-order valence-corrected chi connectivity index (χ0v) is 19.3. The first-order valence-electron chi connectivity index (χ1n) is 9.74. The fraction of sp³-hybridized carbons (Fsp3) is 0.250. The predicted octanol–water partition coefficient (Wildman–Crippen LogP) is 3.05. The number of benzene rings is 2. The molecular formula is C20H20FN5O3S3. The zero-order chi connectivity index (χ0) is 22.6. The Morgan fingerprint density at radius 3 is 2.44 bits per heavy atom. The highest BCUT2D eigenvalue weighted by Gasteiger charge is 2.30. The molecule has 0 spiro atoms. The molecule has 0 unspecified atom stereocenters. The Morgan fingerprint density at radius 1 is 1.03 bits per heavy atom. The summed E-state index contributed by atoms with van der Waals surface area (Å²) in [5, 5.41) is 11.3. The summed E-state index contributed by atoms with van der Waals surface area (Å²) in [5.41, 5.74) is 0.305. The second-order valence-corrected chi connectivity index (χ2v) is 11.0. The molecule has 1 fully saturated rings. The zero-order valence-electron chi connectivity index (χ0n) is 16.8. The van der Waals surface area contributed by atoms with Crippen molar-refractivity contribution in [2.45, 2.75) is 9.24 Å². The number of rotatable bonds is 7. The van der Waals surface area contributed by atoms with Gasteiger partial charge in [0, 0.05) is 26.2 Å². The lowest BCUT2D eigenvalue weighted by Crippen LogP contribution is -2.50. The Labute approximate surface area is 193 Å². The molecule has 4 rings (SSSR count). The van der Waals surface area contributed by atoms with Gasteiger partial charge in [-0.05, 0) is 24.3 Å². The second kappa shape index (κ2) is 9.94. The van der Waals surface area contributed by atoms with Gasteiger partial charge in [0.15, 0.2) is 4.34 Å². The lowest BCUT2D eigenvalue weighted by molar-refractivity contribution is -0.129. The van der Waals surface area contributed by atoms with E-state index in [-0.39, 0.29) is 35.5 Å². The molecule has 0 saturated carbocycles. The minimum atomic E-state index is -3.55. The van der Waals surface area contributed by atoms with Crippen LogP contribution < -0.4 is 5.32 Å². The van der Waals surface area contributed by atoms with Gasteiger partial charge in [-0.15, -0.1) is 10.2 Å². The molecule has 1 aliphatic rings. The number of aromatic nitrogens is 2. The molecule has 32 heavy (non-hydrogen) atoms. The van der Waals surface area contributed by atoms with E-state index in [0.29, 0.717) is 28.2 Å². The third kappa shape index (κ3) is 5.26. The Bertz CT molecular complexity index is 1180. The molecule has 0 atom stereocenters. The average molecular weight is 494 g/mol. The first-order chi connectivity index (χ1) is 15.4. The highest BCUT2D eigenvalue weighted by Crippen LogP contribution is 2.28. The number of anilines is 2. The molecule has 12 heteroatoms. The van der Waals surface area contributed by atoms with Crippen LogP contribution in [-0.4, -0.2) is 65.7 Å². The topological polar surface area (TPSA) is 95.5 Å². The maximum Gasteiger partial charge on any atom is 0.243 e. The smallest absolute Gasteiger partial charge is 0.243 e. The number of thioether (sulfide) groups is 1. The number of halogens is 1. The van der Waals surface area contributed by atoms with Gasteiger partial charge in [0.1, 0.15) is 5.82 Å². The Morgan fingerprint density at radius 2 is 1.72 bits per heavy atom. The van der Waals surface area contributed by atoms with Crippen molar-refractivity contribution in [1.29, 1.82) is 0 Å². The third-order valence-electron chi connectivity index (χ3n) is 4.81. The van der Waals surface area contributed by atoms with Crippen molar-refractivity contribution >= 4 is 49.8 Å². The minimum Gasteiger partial charge on any atom is -0.339 e. The van der Waals surface area contributed by atoms with Crippen LogP contribution in [0.5, 0.6) is 0 Å². The summed E-state index contributed by atoms with van der Waals surface area (Å²) >= 11 is 2.48. The van der Waals surface area contributed by atoms with Crippen molar-refractivity contribution in [3.63, 3.8) is 0 Å². The number of sulfonamides is 1. The minimum absolute atomic E-state index is 0.0921. The van der Waals surface area contributed by atoms with E-state index in [2.05, 4.69) is 15.5 Å². The molecule has 0 bridgehead atoms. The summed E-state index contributed by atoms with van der Waals surface area (Å²) in [6.45, 7) is 1.18. The summed E-state index contributed by atoms with van der Waals surface area (Å²) in [5.74, 6) is -0.314. The van der Waals surface area contributed by atoms with Crippen molar-refractivity contribution in [1.82, 2.24) is 19.4 Å². The lowest BCUT2D eigenvalue weighted by Gasteiger charge is -2.34. The number of carbonyl (C=O) groups excluding carboxylic acids is 1. The number of carbonyl (C=O) groups is 1. The molecule has 2 aromatic carbocycles. The van der Waals surface area contributed by atoms with Crippen molar-refractivity contribution in [2.75, 3.05) is 37.2 Å². The Balaban J connectivity index is 1.27. The largest absolute Gasteiger partial charge is 0.339 e. The van der Waals surface area contributed by atoms with Crippen molar-refractivity contribution in [3.05, 3.63) is 60.4 Å². The monoisotopic (exact) mass is 493 g/mol. The van der Waals surface area contributed by atoms with Crippen LogP contribution in [0.25, 0.3) is 0 Å². The maximum absolute atomic E-state index is 13.7. The summed E-state index contributed by atoms with van der Waals surface area (Å²) in [6, 6.07) is 14.6. The summed E-state index contributed by atoms with van der Waals surface area (Å²) < 4.78 is 41.1. The van der Waals surface area contributed by atoms with Crippen LogP contribution in [0, 0.1) is 5.82 Å². The van der Waals surface area contributed by atoms with Crippen LogP contribution in [-0.2, 0) is 14.8 Å². The Kier molecular flexibility index (Phi) is 7.04. The number of hydrogen-bond donors (Lipinski definition) is 1. The molecule has 1 aliphatic heterocycles. The highest BCUT2D eigenvalue weighted by molar-refractivity contribution is 8.01. The molecule has 1 amide bonds. The quantitative estimate of drug-likeness (QED) is 0.506. The second-order valence-electron chi connectivity index (χ2n) is 6.86. The molecule has 2 heterocycles. The van der Waals surface area contributed by atoms with E-state index in [1.54, 1.807) is 53.4 Å². The van der Waals surface area contributed by atoms with Gasteiger partial charge in [0.05, 0.1) is 16.3 Å². The molecule has 8 nitrogen and oxygen atoms in total. The predicted molar refractivity (Wildman–Crippen MR) is 122 cm³/mol. The van der Waals surface area contributed by atoms with Gasteiger partial charge in [-0.3, -0.25) is 4.79 Å². The summed E-state index contributed by atoms with van der Waals surface area (Å²) in [4.78, 5) is 14.5. The van der Waals surface area contributed by atoms with Crippen LogP contribution in [0.3, 0.4) is 0 Å². The van der Waals surface area contributed by atoms with E-state index in [1.807, 2.05) is 0 Å². The first-order valence-corrected chi connectivity index (χ1v) is 13.0. The SMILES string of the molecule is O=C(CSc1nnc(Nc2ccccc2F)s1)N1CCN(S(=O)(=O)c2ccccc2)CC1. The van der Waals surface area contributed by atoms with Crippen molar-refractivity contribution in [3.8, 4) is 0 Å². The number of piperazine rings is 1. The van der Waals surface area contributed by atoms with E-state index < -0.39 is 10.0 Å². The van der Waals surface area contributed by atoms with E-state index >= 15 is 0 Å². The molecule has 0 radical (unpaired) electrons. The van der Waals surface area contributed by atoms with E-state index in [1.165, 1.54) is 33.5 Å². The van der Waals surface area contributed by atoms with Crippen molar-refractivity contribution < 1.29 is 17.6 Å². The van der Waals surface area contributed by atoms with Gasteiger partial charge in [0.2, 0.25) is 21.1 Å². The highest BCUT2D eigenvalue weighted by atomic mass is 32.2. The van der Waals surface area contributed by atoms with Crippen LogP contribution in [0.4, 0.5) is 15.2 Å². The van der Waals surface area contributed by atoms with Gasteiger partial charge >= 0.3 is 0 Å². The number of nitrogens with zero attached hydrogens (tertiary/aromatic N) is 4. The van der Waals surface area contributed by atoms with Gasteiger partial charge < -0.3 is 10.2 Å². The summed E-state index contributed by atoms with van der Waals surface area (Å²) in [7, 11) is -3.55. The Hall–Kier alpha value is -2.54. The molecule has 168 valence electrons. The van der Waals surface area contributed by atoms with Crippen molar-refractivity contribution in [2.24, 2.45) is 0 Å². The number of nitrogens with one attached hydrogen (secondary N) is 1. The van der Waals surface area contributed by atoms with Gasteiger partial charge in [-0.1, -0.05) is 53.4 Å². The normalized spacial score (nSPS) is 15.0. The van der Waals surface area contributed by atoms with E-state index in [4.69, 9.17) is 0 Å². The van der Waals surface area contributed by atoms with Gasteiger partial charge in [-0.25, -0.2) is 12.8 Å². The number of hydrogen-bond acceptors (Lipinski definition) is 8. The fourth-order valence-electron chi connectivity index (χ4n) is 3.13. The average Bonchev–Trinajstić information content (AvgIpc) is 3.27. The van der Waals surface area contributed by atoms with E-state index in [0.717, 1.165) is 0 Å². The fourth-order valence-corrected chi connectivity index (χ4v) is 6.24. The van der Waals surface area contributed by atoms with Crippen LogP contribution in [0.15, 0.2) is 63.8 Å². The molecule has 1 saturated heterocycles. The van der Waals surface area contributed by atoms with E-state index in [9.17, 15) is 17.6 Å². The molecule has 1 N–H and O–H groups in total. The molecule has 0 aliphatic carbocycles. The number of amides is 1. The third-order valence-corrected chi connectivity index (χ3v) is 8.68. The first kappa shape index (κ1) is 22.6. The maximum atomic E-state index is 13.7. The number of para-hydroxylation sites is 1. The van der Waals surface area contributed by atoms with Gasteiger partial charge in [0.25, 0.3) is 0 Å². The lowest BCUT2D eigenvalue weighted by atomic mass is 10.3. The van der Waals surface area contributed by atoms with Crippen LogP contribution in [0.2, 0.25) is 0 Å². The van der Waals surface area contributed by atoms with Crippen LogP contribution >= 0.6 is 23.1 Å². The molecular weight excluding hydrogens is 473 g/mol.